The summed E-state index contributed by atoms with van der Waals surface area (Å²) in [5.41, 5.74) is 2.31. The second-order valence-corrected chi connectivity index (χ2v) is 7.75. The minimum absolute atomic E-state index is 0.0158. The van der Waals surface area contributed by atoms with Crippen LogP contribution in [0.5, 0.6) is 17.4 Å². The maximum Gasteiger partial charge on any atom is 0.198 e. The number of aliphatic hydroxyl groups is 1. The van der Waals surface area contributed by atoms with Crippen molar-refractivity contribution in [3.63, 3.8) is 0 Å². The van der Waals surface area contributed by atoms with E-state index >= 15 is 0 Å². The van der Waals surface area contributed by atoms with Gasteiger partial charge >= 0.3 is 0 Å². The van der Waals surface area contributed by atoms with E-state index in [1.807, 2.05) is 47.3 Å². The summed E-state index contributed by atoms with van der Waals surface area (Å²) in [6, 6.07) is 12.7. The number of hydrogen-bond donors (Lipinski definition) is 3. The van der Waals surface area contributed by atoms with Crippen molar-refractivity contribution in [1.82, 2.24) is 19.1 Å². The molecule has 0 atom stereocenters. The van der Waals surface area contributed by atoms with Crippen molar-refractivity contribution in [2.24, 2.45) is 7.05 Å². The zero-order valence-electron chi connectivity index (χ0n) is 17.2. The van der Waals surface area contributed by atoms with E-state index in [1.54, 1.807) is 23.7 Å². The fourth-order valence-corrected chi connectivity index (χ4v) is 3.96. The molecule has 0 aliphatic rings. The molecular formula is C23H20ClN5O3. The first-order valence-electron chi connectivity index (χ1n) is 9.97. The van der Waals surface area contributed by atoms with Gasteiger partial charge in [0.25, 0.3) is 0 Å². The van der Waals surface area contributed by atoms with E-state index in [2.05, 4.69) is 15.3 Å². The standard InChI is InChI=1S/C23H20ClN5O3/c1-28-12-16-15(23(28)31)3-2-4-19(16)32-20-6-5-14(11-17(20)24)27-22-21-18(25-13-26-22)7-8-29(21)9-10-30/h2-8,11-13,30-31H,9-10H2,1H3,(H,25,26,27). The number of aliphatic hydroxyl groups excluding tert-OH is 1. The van der Waals surface area contributed by atoms with Crippen LogP contribution in [-0.4, -0.2) is 35.9 Å². The molecule has 0 saturated carbocycles. The maximum absolute atomic E-state index is 10.2. The van der Waals surface area contributed by atoms with Crippen LogP contribution >= 0.6 is 11.6 Å². The summed E-state index contributed by atoms with van der Waals surface area (Å²) in [7, 11) is 1.77. The van der Waals surface area contributed by atoms with Crippen molar-refractivity contribution in [1.29, 1.82) is 0 Å². The number of hydrogen-bond acceptors (Lipinski definition) is 6. The average molecular weight is 450 g/mol. The van der Waals surface area contributed by atoms with Gasteiger partial charge in [0.1, 0.15) is 23.3 Å². The molecule has 0 spiro atoms. The number of aromatic hydroxyl groups is 1. The summed E-state index contributed by atoms with van der Waals surface area (Å²) < 4.78 is 9.60. The number of benzene rings is 2. The van der Waals surface area contributed by atoms with Gasteiger partial charge in [-0.25, -0.2) is 9.97 Å². The topological polar surface area (TPSA) is 97.4 Å². The van der Waals surface area contributed by atoms with Gasteiger partial charge in [0, 0.05) is 42.4 Å². The average Bonchev–Trinajstić information content (AvgIpc) is 3.33. The lowest BCUT2D eigenvalue weighted by Gasteiger charge is -2.12. The molecule has 8 nitrogen and oxygen atoms in total. The number of rotatable bonds is 6. The first-order chi connectivity index (χ1) is 15.5. The third-order valence-corrected chi connectivity index (χ3v) is 5.56. The highest BCUT2D eigenvalue weighted by Crippen LogP contribution is 2.38. The van der Waals surface area contributed by atoms with Gasteiger partial charge in [-0.05, 0) is 36.4 Å². The van der Waals surface area contributed by atoms with E-state index in [0.717, 1.165) is 22.1 Å². The molecule has 3 N–H and O–H groups in total. The molecule has 2 aromatic carbocycles. The quantitative estimate of drug-likeness (QED) is 0.344. The summed E-state index contributed by atoms with van der Waals surface area (Å²) in [6.07, 6.45) is 5.17. The molecule has 0 aliphatic carbocycles. The number of nitrogens with one attached hydrogen (secondary N) is 1. The van der Waals surface area contributed by atoms with E-state index in [4.69, 9.17) is 16.3 Å². The van der Waals surface area contributed by atoms with Gasteiger partial charge < -0.3 is 29.4 Å². The van der Waals surface area contributed by atoms with Crippen molar-refractivity contribution in [3.8, 4) is 17.4 Å². The number of ether oxygens (including phenoxy) is 1. The molecule has 32 heavy (non-hydrogen) atoms. The number of aryl methyl sites for hydroxylation is 1. The van der Waals surface area contributed by atoms with Crippen LogP contribution in [0.1, 0.15) is 0 Å². The molecular weight excluding hydrogens is 430 g/mol. The predicted molar refractivity (Wildman–Crippen MR) is 124 cm³/mol. The first kappa shape index (κ1) is 20.2. The van der Waals surface area contributed by atoms with Crippen molar-refractivity contribution in [3.05, 3.63) is 66.2 Å². The molecule has 0 radical (unpaired) electrons. The number of nitrogens with zero attached hydrogens (tertiary/aromatic N) is 4. The van der Waals surface area contributed by atoms with Crippen molar-refractivity contribution >= 4 is 44.9 Å². The monoisotopic (exact) mass is 449 g/mol. The fraction of sp³-hybridized carbons (Fsp3) is 0.130. The molecule has 3 heterocycles. The van der Waals surface area contributed by atoms with E-state index in [-0.39, 0.29) is 12.5 Å². The fourth-order valence-electron chi connectivity index (χ4n) is 3.74. The van der Waals surface area contributed by atoms with Crippen molar-refractivity contribution in [2.75, 3.05) is 11.9 Å². The zero-order chi connectivity index (χ0) is 22.2. The zero-order valence-corrected chi connectivity index (χ0v) is 17.9. The van der Waals surface area contributed by atoms with Gasteiger partial charge in [0.05, 0.1) is 17.1 Å². The lowest BCUT2D eigenvalue weighted by Crippen LogP contribution is -2.04. The molecule has 5 rings (SSSR count). The Morgan fingerprint density at radius 3 is 2.78 bits per heavy atom. The molecule has 0 fully saturated rings. The van der Waals surface area contributed by atoms with Crippen LogP contribution in [0.2, 0.25) is 5.02 Å². The van der Waals surface area contributed by atoms with Gasteiger partial charge in [-0.1, -0.05) is 17.7 Å². The minimum atomic E-state index is 0.0158. The SMILES string of the molecule is Cn1cc2c(Oc3ccc(Nc4ncnc5ccn(CCO)c45)cc3Cl)cccc2c1O. The van der Waals surface area contributed by atoms with Crippen LogP contribution < -0.4 is 10.1 Å². The molecule has 0 saturated heterocycles. The number of halogens is 1. The van der Waals surface area contributed by atoms with Crippen LogP contribution in [0.4, 0.5) is 11.5 Å². The molecule has 5 aromatic rings. The lowest BCUT2D eigenvalue weighted by molar-refractivity contribution is 0.278. The van der Waals surface area contributed by atoms with E-state index in [1.165, 1.54) is 6.33 Å². The largest absolute Gasteiger partial charge is 0.494 e. The molecule has 0 bridgehead atoms. The minimum Gasteiger partial charge on any atom is -0.494 e. The van der Waals surface area contributed by atoms with E-state index in [0.29, 0.717) is 34.3 Å². The van der Waals surface area contributed by atoms with Crippen LogP contribution in [0, 0.1) is 0 Å². The van der Waals surface area contributed by atoms with E-state index < -0.39 is 0 Å². The highest BCUT2D eigenvalue weighted by molar-refractivity contribution is 6.32. The number of aromatic nitrogens is 4. The summed E-state index contributed by atoms with van der Waals surface area (Å²) in [4.78, 5) is 8.64. The van der Waals surface area contributed by atoms with Crippen LogP contribution in [0.25, 0.3) is 21.8 Å². The molecule has 3 aromatic heterocycles. The normalized spacial score (nSPS) is 11.3. The maximum atomic E-state index is 10.2. The summed E-state index contributed by atoms with van der Waals surface area (Å²) in [5, 5.41) is 24.7. The Morgan fingerprint density at radius 1 is 1.09 bits per heavy atom. The Labute approximate surface area is 188 Å². The molecule has 9 heteroatoms. The predicted octanol–water partition coefficient (Wildman–Crippen LogP) is 4.81. The summed E-state index contributed by atoms with van der Waals surface area (Å²) in [6.45, 7) is 0.460. The van der Waals surface area contributed by atoms with Crippen LogP contribution in [0.15, 0.2) is 61.2 Å². The highest BCUT2D eigenvalue weighted by atomic mass is 35.5. The molecule has 162 valence electrons. The number of fused-ring (bicyclic) bond motifs is 2. The van der Waals surface area contributed by atoms with Crippen LogP contribution in [0.3, 0.4) is 0 Å². The van der Waals surface area contributed by atoms with Gasteiger partial charge in [-0.2, -0.15) is 0 Å². The van der Waals surface area contributed by atoms with Crippen molar-refractivity contribution in [2.45, 2.75) is 6.54 Å². The Balaban J connectivity index is 1.44. The first-order valence-corrected chi connectivity index (χ1v) is 10.3. The van der Waals surface area contributed by atoms with Gasteiger partial charge in [-0.15, -0.1) is 0 Å². The Morgan fingerprint density at radius 2 is 1.97 bits per heavy atom. The third-order valence-electron chi connectivity index (χ3n) is 5.27. The second kappa shape index (κ2) is 8.07. The summed E-state index contributed by atoms with van der Waals surface area (Å²) in [5.74, 6) is 1.88. The van der Waals surface area contributed by atoms with Gasteiger partial charge in [0.15, 0.2) is 11.7 Å². The van der Waals surface area contributed by atoms with Gasteiger partial charge in [0.2, 0.25) is 0 Å². The summed E-state index contributed by atoms with van der Waals surface area (Å²) >= 11 is 6.52. The molecule has 0 unspecified atom stereocenters. The highest BCUT2D eigenvalue weighted by Gasteiger charge is 2.14. The van der Waals surface area contributed by atoms with Gasteiger partial charge in [-0.3, -0.25) is 0 Å². The number of anilines is 2. The Bertz CT molecular complexity index is 1440. The molecule has 0 amide bonds. The van der Waals surface area contributed by atoms with E-state index in [9.17, 15) is 10.2 Å². The third kappa shape index (κ3) is 3.49. The van der Waals surface area contributed by atoms with Crippen LogP contribution in [-0.2, 0) is 13.6 Å². The Hall–Kier alpha value is -3.75. The Kier molecular flexibility index (Phi) is 5.08. The smallest absolute Gasteiger partial charge is 0.198 e. The van der Waals surface area contributed by atoms with Crippen molar-refractivity contribution < 1.29 is 14.9 Å². The lowest BCUT2D eigenvalue weighted by atomic mass is 10.2. The molecule has 0 aliphatic heterocycles. The second-order valence-electron chi connectivity index (χ2n) is 7.34.